The second kappa shape index (κ2) is 11.7. The Morgan fingerprint density at radius 2 is 2.03 bits per heavy atom. The molecule has 0 bridgehead atoms. The number of aliphatic imine (C=N–C) groups is 1. The highest BCUT2D eigenvalue weighted by atomic mass is 127. The third-order valence-electron chi connectivity index (χ3n) is 6.70. The van der Waals surface area contributed by atoms with Crippen LogP contribution in [0.4, 0.5) is 0 Å². The van der Waals surface area contributed by atoms with E-state index in [9.17, 15) is 4.79 Å². The predicted octanol–water partition coefficient (Wildman–Crippen LogP) is 2.39. The molecule has 8 heteroatoms. The average Bonchev–Trinajstić information content (AvgIpc) is 3.22. The van der Waals surface area contributed by atoms with Gasteiger partial charge in [-0.2, -0.15) is 0 Å². The number of rotatable bonds is 7. The van der Waals surface area contributed by atoms with Crippen molar-refractivity contribution in [2.45, 2.75) is 64.0 Å². The summed E-state index contributed by atoms with van der Waals surface area (Å²) in [6, 6.07) is 0.366. The Morgan fingerprint density at radius 3 is 2.66 bits per heavy atom. The van der Waals surface area contributed by atoms with E-state index in [0.717, 1.165) is 45.2 Å². The summed E-state index contributed by atoms with van der Waals surface area (Å²) in [7, 11) is 3.54. The van der Waals surface area contributed by atoms with Gasteiger partial charge in [0.15, 0.2) is 5.96 Å². The Bertz CT molecular complexity index is 546. The van der Waals surface area contributed by atoms with Crippen molar-refractivity contribution in [2.75, 3.05) is 47.0 Å². The molecule has 1 spiro atoms. The van der Waals surface area contributed by atoms with Crippen LogP contribution in [0, 0.1) is 11.3 Å². The molecule has 3 fully saturated rings. The fourth-order valence-electron chi connectivity index (χ4n) is 4.86. The Kier molecular flexibility index (Phi) is 9.94. The highest BCUT2D eigenvalue weighted by Gasteiger charge is 2.55. The number of nitrogens with one attached hydrogen (secondary N) is 2. The third kappa shape index (κ3) is 6.19. The van der Waals surface area contributed by atoms with Gasteiger partial charge in [0.25, 0.3) is 0 Å². The van der Waals surface area contributed by atoms with Gasteiger partial charge in [0, 0.05) is 51.2 Å². The highest BCUT2D eigenvalue weighted by Crippen LogP contribution is 2.53. The van der Waals surface area contributed by atoms with Crippen molar-refractivity contribution in [1.82, 2.24) is 15.5 Å². The summed E-state index contributed by atoms with van der Waals surface area (Å²) < 4.78 is 11.6. The molecular weight excluding hydrogens is 483 g/mol. The van der Waals surface area contributed by atoms with E-state index in [1.165, 1.54) is 32.1 Å². The van der Waals surface area contributed by atoms with E-state index in [2.05, 4.69) is 22.5 Å². The molecule has 2 saturated carbocycles. The number of nitrogens with zero attached hydrogens (tertiary/aromatic N) is 2. The Labute approximate surface area is 192 Å². The van der Waals surface area contributed by atoms with Crippen molar-refractivity contribution in [2.24, 2.45) is 16.3 Å². The molecule has 2 N–H and O–H groups in total. The molecular formula is C21H39IN4O3. The third-order valence-corrected chi connectivity index (χ3v) is 6.70. The number of carbonyl (C=O) groups is 1. The van der Waals surface area contributed by atoms with Gasteiger partial charge in [-0.25, -0.2) is 4.99 Å². The lowest BCUT2D eigenvalue weighted by Crippen LogP contribution is -2.66. The van der Waals surface area contributed by atoms with Crippen LogP contribution in [0.2, 0.25) is 0 Å². The fraction of sp³-hybridized carbons (Fsp3) is 0.905. The second-order valence-corrected chi connectivity index (χ2v) is 8.73. The van der Waals surface area contributed by atoms with Gasteiger partial charge in [-0.1, -0.05) is 19.3 Å². The van der Waals surface area contributed by atoms with Gasteiger partial charge in [0.1, 0.15) is 6.54 Å². The number of likely N-dealkylation sites (N-methyl/N-ethyl adjacent to an activating group) is 1. The van der Waals surface area contributed by atoms with Gasteiger partial charge in [0.05, 0.1) is 12.7 Å². The van der Waals surface area contributed by atoms with Gasteiger partial charge < -0.3 is 25.0 Å². The molecule has 3 unspecified atom stereocenters. The van der Waals surface area contributed by atoms with E-state index in [1.807, 2.05) is 0 Å². The Hall–Kier alpha value is -0.610. The van der Waals surface area contributed by atoms with E-state index in [4.69, 9.17) is 9.47 Å². The number of halogens is 1. The standard InChI is InChI=1S/C21H38N4O3.HI/c1-4-28-18-12-17(21(18)9-6-5-7-10-21)24-20(23-14-19(26)25(2)3)22-13-16-8-11-27-15-16;/h16-18H,4-15H2,1-3H3,(H2,22,23,24);1H. The molecule has 0 aromatic heterocycles. The van der Waals surface area contributed by atoms with Gasteiger partial charge in [-0.15, -0.1) is 24.0 Å². The maximum atomic E-state index is 12.0. The molecule has 1 saturated heterocycles. The molecule has 3 aliphatic rings. The Balaban J connectivity index is 0.00000300. The minimum atomic E-state index is 0. The lowest BCUT2D eigenvalue weighted by molar-refractivity contribution is -0.145. The van der Waals surface area contributed by atoms with Crippen LogP contribution < -0.4 is 10.6 Å². The maximum absolute atomic E-state index is 12.0. The molecule has 1 aliphatic heterocycles. The number of ether oxygens (including phenoxy) is 2. The smallest absolute Gasteiger partial charge is 0.243 e. The first-order valence-electron chi connectivity index (χ1n) is 11.0. The summed E-state index contributed by atoms with van der Waals surface area (Å²) in [5.74, 6) is 1.28. The maximum Gasteiger partial charge on any atom is 0.243 e. The monoisotopic (exact) mass is 522 g/mol. The summed E-state index contributed by atoms with van der Waals surface area (Å²) >= 11 is 0. The van der Waals surface area contributed by atoms with Crippen LogP contribution in [0.3, 0.4) is 0 Å². The molecule has 1 heterocycles. The van der Waals surface area contributed by atoms with Crippen molar-refractivity contribution >= 4 is 35.8 Å². The fourth-order valence-corrected chi connectivity index (χ4v) is 4.86. The SMILES string of the molecule is CCOC1CC(NC(=NCC(=O)N(C)C)NCC2CCOC2)C12CCCCC2.I. The van der Waals surface area contributed by atoms with Gasteiger partial charge >= 0.3 is 0 Å². The molecule has 7 nitrogen and oxygen atoms in total. The molecule has 0 aromatic rings. The number of amides is 1. The molecule has 29 heavy (non-hydrogen) atoms. The normalized spacial score (nSPS) is 28.4. The second-order valence-electron chi connectivity index (χ2n) is 8.73. The van der Waals surface area contributed by atoms with Crippen molar-refractivity contribution in [3.8, 4) is 0 Å². The average molecular weight is 522 g/mol. The lowest BCUT2D eigenvalue weighted by atomic mass is 9.55. The lowest BCUT2D eigenvalue weighted by Gasteiger charge is -2.58. The predicted molar refractivity (Wildman–Crippen MR) is 126 cm³/mol. The highest BCUT2D eigenvalue weighted by molar-refractivity contribution is 14.0. The van der Waals surface area contributed by atoms with E-state index < -0.39 is 0 Å². The van der Waals surface area contributed by atoms with Gasteiger partial charge in [-0.05, 0) is 32.6 Å². The molecule has 168 valence electrons. The molecule has 3 rings (SSSR count). The van der Waals surface area contributed by atoms with Crippen LogP contribution in [0.5, 0.6) is 0 Å². The van der Waals surface area contributed by atoms with Crippen molar-refractivity contribution in [3.05, 3.63) is 0 Å². The van der Waals surface area contributed by atoms with Crippen LogP contribution in [0.15, 0.2) is 4.99 Å². The summed E-state index contributed by atoms with van der Waals surface area (Å²) in [6.07, 6.45) is 8.76. The minimum Gasteiger partial charge on any atom is -0.381 e. The van der Waals surface area contributed by atoms with Crippen molar-refractivity contribution in [1.29, 1.82) is 0 Å². The van der Waals surface area contributed by atoms with Crippen molar-refractivity contribution in [3.63, 3.8) is 0 Å². The zero-order valence-corrected chi connectivity index (χ0v) is 20.6. The molecule has 0 aromatic carbocycles. The molecule has 2 aliphatic carbocycles. The number of guanidine groups is 1. The first-order valence-corrected chi connectivity index (χ1v) is 11.0. The van der Waals surface area contributed by atoms with Crippen LogP contribution in [0.1, 0.15) is 51.9 Å². The first-order chi connectivity index (χ1) is 13.5. The zero-order valence-electron chi connectivity index (χ0n) is 18.2. The van der Waals surface area contributed by atoms with Crippen LogP contribution in [-0.2, 0) is 14.3 Å². The van der Waals surface area contributed by atoms with E-state index >= 15 is 0 Å². The number of carbonyl (C=O) groups excluding carboxylic acids is 1. The molecule has 0 radical (unpaired) electrons. The molecule has 1 amide bonds. The number of hydrogen-bond acceptors (Lipinski definition) is 4. The topological polar surface area (TPSA) is 75.2 Å². The summed E-state index contributed by atoms with van der Waals surface area (Å²) in [4.78, 5) is 18.2. The summed E-state index contributed by atoms with van der Waals surface area (Å²) in [5.41, 5.74) is 0.221. The first kappa shape index (κ1) is 24.7. The van der Waals surface area contributed by atoms with E-state index in [1.54, 1.807) is 19.0 Å². The van der Waals surface area contributed by atoms with Gasteiger partial charge in [-0.3, -0.25) is 4.79 Å². The largest absolute Gasteiger partial charge is 0.381 e. The quantitative estimate of drug-likeness (QED) is 0.305. The van der Waals surface area contributed by atoms with Crippen LogP contribution >= 0.6 is 24.0 Å². The van der Waals surface area contributed by atoms with Gasteiger partial charge in [0.2, 0.25) is 5.91 Å². The minimum absolute atomic E-state index is 0. The van der Waals surface area contributed by atoms with Crippen molar-refractivity contribution < 1.29 is 14.3 Å². The Morgan fingerprint density at radius 1 is 1.28 bits per heavy atom. The zero-order chi connectivity index (χ0) is 20.0. The van der Waals surface area contributed by atoms with Crippen LogP contribution in [-0.4, -0.2) is 75.9 Å². The van der Waals surface area contributed by atoms with Crippen LogP contribution in [0.25, 0.3) is 0 Å². The summed E-state index contributed by atoms with van der Waals surface area (Å²) in [5, 5.41) is 7.14. The van der Waals surface area contributed by atoms with E-state index in [0.29, 0.717) is 18.1 Å². The summed E-state index contributed by atoms with van der Waals surface area (Å²) in [6.45, 7) is 5.50. The van der Waals surface area contributed by atoms with E-state index in [-0.39, 0.29) is 41.8 Å². The molecule has 3 atom stereocenters. The number of hydrogen-bond donors (Lipinski definition) is 2.